The van der Waals surface area contributed by atoms with E-state index < -0.39 is 6.03 Å². The number of rotatable bonds is 1. The van der Waals surface area contributed by atoms with E-state index >= 15 is 0 Å². The van der Waals surface area contributed by atoms with E-state index in [2.05, 4.69) is 10.6 Å². The summed E-state index contributed by atoms with van der Waals surface area (Å²) in [6.07, 6.45) is 4.08. The highest BCUT2D eigenvalue weighted by Crippen LogP contribution is 2.31. The van der Waals surface area contributed by atoms with Gasteiger partial charge in [0.1, 0.15) is 5.70 Å². The lowest BCUT2D eigenvalue weighted by Crippen LogP contribution is -2.22. The van der Waals surface area contributed by atoms with Crippen LogP contribution in [0.25, 0.3) is 0 Å². The fraction of sp³-hybridized carbons (Fsp3) is 0.429. The molecule has 1 aliphatic carbocycles. The number of amides is 3. The van der Waals surface area contributed by atoms with Crippen LogP contribution in [-0.4, -0.2) is 11.9 Å². The molecule has 0 spiro atoms. The molecule has 0 aromatic heterocycles. The number of imide groups is 1. The maximum atomic E-state index is 10.9. The minimum absolute atomic E-state index is 0.304. The number of nitrogens with one attached hydrogen (secondary N) is 2. The second kappa shape index (κ2) is 2.08. The highest BCUT2D eigenvalue weighted by molar-refractivity contribution is 6.11. The van der Waals surface area contributed by atoms with Crippen molar-refractivity contribution in [2.24, 2.45) is 5.92 Å². The standard InChI is InChI=1S/C7H8N2O2/c10-6-5(3-4-1-2-4)8-7(11)9-6/h3-4H,1-2H2,(H2,8,9,10,11)/b5-3-. The first-order chi connectivity index (χ1) is 5.25. The van der Waals surface area contributed by atoms with Gasteiger partial charge in [0.05, 0.1) is 0 Å². The molecular weight excluding hydrogens is 144 g/mol. The van der Waals surface area contributed by atoms with E-state index in [0.29, 0.717) is 11.6 Å². The van der Waals surface area contributed by atoms with Gasteiger partial charge in [-0.05, 0) is 18.8 Å². The van der Waals surface area contributed by atoms with Crippen molar-refractivity contribution >= 4 is 11.9 Å². The van der Waals surface area contributed by atoms with Crippen molar-refractivity contribution in [1.29, 1.82) is 0 Å². The minimum atomic E-state index is -0.415. The molecule has 0 unspecified atom stereocenters. The van der Waals surface area contributed by atoms with Gasteiger partial charge in [-0.15, -0.1) is 0 Å². The van der Waals surface area contributed by atoms with Crippen LogP contribution < -0.4 is 10.6 Å². The molecule has 1 aliphatic heterocycles. The van der Waals surface area contributed by atoms with Crippen molar-refractivity contribution in [2.45, 2.75) is 12.8 Å². The summed E-state index contributed by atoms with van der Waals surface area (Å²) in [6.45, 7) is 0. The summed E-state index contributed by atoms with van der Waals surface area (Å²) >= 11 is 0. The molecule has 1 heterocycles. The molecule has 11 heavy (non-hydrogen) atoms. The van der Waals surface area contributed by atoms with Crippen LogP contribution in [0.2, 0.25) is 0 Å². The Morgan fingerprint density at radius 2 is 2.00 bits per heavy atom. The molecule has 0 atom stereocenters. The normalized spacial score (nSPS) is 27.1. The zero-order chi connectivity index (χ0) is 7.84. The molecule has 3 amide bonds. The van der Waals surface area contributed by atoms with Gasteiger partial charge in [-0.2, -0.15) is 0 Å². The third kappa shape index (κ3) is 1.24. The van der Waals surface area contributed by atoms with Gasteiger partial charge in [0.2, 0.25) is 0 Å². The molecule has 0 radical (unpaired) electrons. The summed E-state index contributed by atoms with van der Waals surface area (Å²) < 4.78 is 0. The number of hydrogen-bond donors (Lipinski definition) is 2. The van der Waals surface area contributed by atoms with Crippen molar-refractivity contribution in [1.82, 2.24) is 10.6 Å². The van der Waals surface area contributed by atoms with Crippen LogP contribution in [0.4, 0.5) is 4.79 Å². The molecule has 2 aliphatic rings. The molecule has 58 valence electrons. The molecule has 1 saturated carbocycles. The van der Waals surface area contributed by atoms with Gasteiger partial charge in [0.25, 0.3) is 5.91 Å². The van der Waals surface area contributed by atoms with Gasteiger partial charge in [-0.25, -0.2) is 4.79 Å². The van der Waals surface area contributed by atoms with Crippen LogP contribution in [0.1, 0.15) is 12.8 Å². The SMILES string of the molecule is O=C1NC(=O)/C(=C/C2CC2)N1. The topological polar surface area (TPSA) is 58.2 Å². The second-order valence-corrected chi connectivity index (χ2v) is 2.83. The Hall–Kier alpha value is -1.32. The largest absolute Gasteiger partial charge is 0.326 e. The fourth-order valence-electron chi connectivity index (χ4n) is 0.997. The lowest BCUT2D eigenvalue weighted by molar-refractivity contribution is -0.115. The van der Waals surface area contributed by atoms with Gasteiger partial charge in [-0.1, -0.05) is 6.08 Å². The van der Waals surface area contributed by atoms with Crippen LogP contribution in [0.3, 0.4) is 0 Å². The zero-order valence-corrected chi connectivity index (χ0v) is 5.89. The average molecular weight is 152 g/mol. The summed E-state index contributed by atoms with van der Waals surface area (Å²) in [4.78, 5) is 21.5. The molecule has 0 bridgehead atoms. The predicted octanol–water partition coefficient (Wildman–Crippen LogP) is 0.120. The Labute approximate surface area is 63.7 Å². The first-order valence-electron chi connectivity index (χ1n) is 3.60. The second-order valence-electron chi connectivity index (χ2n) is 2.83. The number of carbonyl (C=O) groups excluding carboxylic acids is 2. The zero-order valence-electron chi connectivity index (χ0n) is 5.89. The number of hydrogen-bond acceptors (Lipinski definition) is 2. The first kappa shape index (κ1) is 6.39. The molecule has 2 fully saturated rings. The van der Waals surface area contributed by atoms with Crippen LogP contribution in [-0.2, 0) is 4.79 Å². The molecular formula is C7H8N2O2. The molecule has 1 saturated heterocycles. The number of urea groups is 1. The van der Waals surface area contributed by atoms with Crippen LogP contribution in [0.15, 0.2) is 11.8 Å². The van der Waals surface area contributed by atoms with Crippen molar-refractivity contribution in [3.8, 4) is 0 Å². The van der Waals surface area contributed by atoms with Crippen LogP contribution in [0.5, 0.6) is 0 Å². The smallest absolute Gasteiger partial charge is 0.303 e. The lowest BCUT2D eigenvalue weighted by atomic mass is 10.3. The van der Waals surface area contributed by atoms with Crippen LogP contribution >= 0.6 is 0 Å². The van der Waals surface area contributed by atoms with E-state index in [1.807, 2.05) is 6.08 Å². The molecule has 2 rings (SSSR count). The van der Waals surface area contributed by atoms with Crippen LogP contribution in [0, 0.1) is 5.92 Å². The highest BCUT2D eigenvalue weighted by Gasteiger charge is 2.27. The Kier molecular flexibility index (Phi) is 1.21. The van der Waals surface area contributed by atoms with E-state index in [0.717, 1.165) is 12.8 Å². The average Bonchev–Trinajstić information content (AvgIpc) is 2.64. The first-order valence-corrected chi connectivity index (χ1v) is 3.60. The predicted molar refractivity (Wildman–Crippen MR) is 37.5 cm³/mol. The summed E-state index contributed by atoms with van der Waals surface area (Å²) in [5.74, 6) is 0.205. The van der Waals surface area contributed by atoms with E-state index in [9.17, 15) is 9.59 Å². The van der Waals surface area contributed by atoms with Gasteiger partial charge >= 0.3 is 6.03 Å². The minimum Gasteiger partial charge on any atom is -0.303 e. The lowest BCUT2D eigenvalue weighted by Gasteiger charge is -1.89. The molecule has 4 nitrogen and oxygen atoms in total. The molecule has 4 heteroatoms. The van der Waals surface area contributed by atoms with Gasteiger partial charge < -0.3 is 5.32 Å². The van der Waals surface area contributed by atoms with Crippen molar-refractivity contribution < 1.29 is 9.59 Å². The van der Waals surface area contributed by atoms with E-state index in [-0.39, 0.29) is 5.91 Å². The third-order valence-electron chi connectivity index (χ3n) is 1.74. The highest BCUT2D eigenvalue weighted by atomic mass is 16.2. The molecule has 0 aromatic rings. The van der Waals surface area contributed by atoms with Gasteiger partial charge in [-0.3, -0.25) is 10.1 Å². The Morgan fingerprint density at radius 1 is 1.27 bits per heavy atom. The Balaban J connectivity index is 2.13. The number of allylic oxidation sites excluding steroid dienone is 1. The number of carbonyl (C=O) groups is 2. The monoisotopic (exact) mass is 152 g/mol. The van der Waals surface area contributed by atoms with E-state index in [1.54, 1.807) is 0 Å². The third-order valence-corrected chi connectivity index (χ3v) is 1.74. The quantitative estimate of drug-likeness (QED) is 0.414. The molecule has 2 N–H and O–H groups in total. The van der Waals surface area contributed by atoms with Crippen molar-refractivity contribution in [3.63, 3.8) is 0 Å². The fourth-order valence-corrected chi connectivity index (χ4v) is 0.997. The molecule has 0 aromatic carbocycles. The Morgan fingerprint density at radius 3 is 2.45 bits per heavy atom. The summed E-state index contributed by atoms with van der Waals surface area (Å²) in [6, 6.07) is -0.415. The van der Waals surface area contributed by atoms with Gasteiger partial charge in [0.15, 0.2) is 0 Å². The maximum Gasteiger partial charge on any atom is 0.326 e. The van der Waals surface area contributed by atoms with E-state index in [1.165, 1.54) is 0 Å². The van der Waals surface area contributed by atoms with E-state index in [4.69, 9.17) is 0 Å². The summed E-state index contributed by atoms with van der Waals surface area (Å²) in [5.41, 5.74) is 0.414. The van der Waals surface area contributed by atoms with Crippen molar-refractivity contribution in [3.05, 3.63) is 11.8 Å². The summed E-state index contributed by atoms with van der Waals surface area (Å²) in [5, 5.41) is 4.58. The Bertz CT molecular complexity index is 253. The van der Waals surface area contributed by atoms with Gasteiger partial charge in [0, 0.05) is 0 Å². The summed E-state index contributed by atoms with van der Waals surface area (Å²) in [7, 11) is 0. The maximum absolute atomic E-state index is 10.9. The van der Waals surface area contributed by atoms with Crippen molar-refractivity contribution in [2.75, 3.05) is 0 Å².